The first-order valence-corrected chi connectivity index (χ1v) is 6.83. The van der Waals surface area contributed by atoms with Crippen LogP contribution in [0.3, 0.4) is 0 Å². The second kappa shape index (κ2) is 8.04. The molecule has 1 heterocycles. The monoisotopic (exact) mass is 227 g/mol. The summed E-state index contributed by atoms with van der Waals surface area (Å²) in [6, 6.07) is 0.789. The first-order valence-electron chi connectivity index (χ1n) is 6.83. The number of hydrogen-bond acceptors (Lipinski definition) is 3. The van der Waals surface area contributed by atoms with Gasteiger partial charge in [-0.15, -0.1) is 0 Å². The number of unbranched alkanes of at least 4 members (excludes halogenated alkanes) is 4. The number of likely N-dealkylation sites (tertiary alicyclic amines) is 1. The van der Waals surface area contributed by atoms with E-state index in [0.717, 1.165) is 12.6 Å². The highest BCUT2D eigenvalue weighted by molar-refractivity contribution is 4.80. The first-order chi connectivity index (χ1) is 7.74. The summed E-state index contributed by atoms with van der Waals surface area (Å²) in [4.78, 5) is 4.98. The van der Waals surface area contributed by atoms with Gasteiger partial charge in [-0.25, -0.2) is 0 Å². The summed E-state index contributed by atoms with van der Waals surface area (Å²) >= 11 is 0. The fraction of sp³-hybridized carbons (Fsp3) is 1.00. The molecule has 96 valence electrons. The molecule has 0 aromatic carbocycles. The lowest BCUT2D eigenvalue weighted by atomic mass is 10.1. The van der Waals surface area contributed by atoms with Gasteiger partial charge in [0.15, 0.2) is 0 Å². The van der Waals surface area contributed by atoms with Crippen LogP contribution >= 0.6 is 0 Å². The Hall–Kier alpha value is -0.120. The second-order valence-electron chi connectivity index (χ2n) is 5.26. The van der Waals surface area contributed by atoms with Crippen LogP contribution in [0, 0.1) is 0 Å². The highest BCUT2D eigenvalue weighted by Crippen LogP contribution is 2.14. The van der Waals surface area contributed by atoms with E-state index in [9.17, 15) is 0 Å². The number of nitrogens with two attached hydrogens (primary N) is 1. The zero-order valence-corrected chi connectivity index (χ0v) is 11.1. The minimum absolute atomic E-state index is 0.789. The van der Waals surface area contributed by atoms with E-state index in [1.54, 1.807) is 0 Å². The Morgan fingerprint density at radius 2 is 1.81 bits per heavy atom. The van der Waals surface area contributed by atoms with E-state index in [4.69, 9.17) is 5.73 Å². The molecule has 1 unspecified atom stereocenters. The number of hydrogen-bond donors (Lipinski definition) is 1. The highest BCUT2D eigenvalue weighted by atomic mass is 15.2. The van der Waals surface area contributed by atoms with Crippen LogP contribution in [-0.4, -0.2) is 56.1 Å². The Morgan fingerprint density at radius 3 is 2.44 bits per heavy atom. The normalized spacial score (nSPS) is 22.1. The maximum absolute atomic E-state index is 5.47. The van der Waals surface area contributed by atoms with Gasteiger partial charge < -0.3 is 15.5 Å². The number of nitrogens with zero attached hydrogens (tertiary/aromatic N) is 2. The second-order valence-corrected chi connectivity index (χ2v) is 5.26. The molecule has 16 heavy (non-hydrogen) atoms. The van der Waals surface area contributed by atoms with Gasteiger partial charge in [-0.3, -0.25) is 0 Å². The standard InChI is InChI=1S/C13H29N3/c1-15(2)13-8-11-16(12-13)10-7-5-3-4-6-9-14/h13H,3-12,14H2,1-2H3. The lowest BCUT2D eigenvalue weighted by molar-refractivity contribution is 0.265. The Balaban J connectivity index is 1.94. The van der Waals surface area contributed by atoms with Gasteiger partial charge in [-0.2, -0.15) is 0 Å². The van der Waals surface area contributed by atoms with Crippen molar-refractivity contribution in [2.75, 3.05) is 40.3 Å². The van der Waals surface area contributed by atoms with E-state index >= 15 is 0 Å². The predicted octanol–water partition coefficient (Wildman–Crippen LogP) is 1.53. The van der Waals surface area contributed by atoms with Crippen LogP contribution in [0.15, 0.2) is 0 Å². The van der Waals surface area contributed by atoms with E-state index in [1.165, 1.54) is 58.2 Å². The van der Waals surface area contributed by atoms with E-state index in [-0.39, 0.29) is 0 Å². The van der Waals surface area contributed by atoms with Crippen molar-refractivity contribution in [3.05, 3.63) is 0 Å². The van der Waals surface area contributed by atoms with Gasteiger partial charge in [-0.05, 0) is 53.0 Å². The van der Waals surface area contributed by atoms with Crippen LogP contribution in [0.5, 0.6) is 0 Å². The minimum atomic E-state index is 0.789. The zero-order chi connectivity index (χ0) is 11.8. The molecule has 1 rings (SSSR count). The average molecular weight is 227 g/mol. The molecule has 1 saturated heterocycles. The van der Waals surface area contributed by atoms with E-state index in [0.29, 0.717) is 0 Å². The van der Waals surface area contributed by atoms with Gasteiger partial charge in [0.1, 0.15) is 0 Å². The van der Waals surface area contributed by atoms with Crippen LogP contribution in [0.2, 0.25) is 0 Å². The molecule has 1 aliphatic rings. The third-order valence-electron chi connectivity index (χ3n) is 3.66. The third kappa shape index (κ3) is 5.28. The molecule has 0 saturated carbocycles. The Bertz CT molecular complexity index is 171. The quantitative estimate of drug-likeness (QED) is 0.638. The fourth-order valence-electron chi connectivity index (χ4n) is 2.45. The minimum Gasteiger partial charge on any atom is -0.330 e. The summed E-state index contributed by atoms with van der Waals surface area (Å²) in [6.45, 7) is 4.73. The van der Waals surface area contributed by atoms with Gasteiger partial charge >= 0.3 is 0 Å². The van der Waals surface area contributed by atoms with Gasteiger partial charge in [0.2, 0.25) is 0 Å². The molecule has 1 atom stereocenters. The summed E-state index contributed by atoms with van der Waals surface area (Å²) in [7, 11) is 4.39. The SMILES string of the molecule is CN(C)C1CCN(CCCCCCCN)C1. The molecular weight excluding hydrogens is 198 g/mol. The molecule has 0 aromatic heterocycles. The topological polar surface area (TPSA) is 32.5 Å². The average Bonchev–Trinajstić information content (AvgIpc) is 2.72. The van der Waals surface area contributed by atoms with Crippen molar-refractivity contribution < 1.29 is 0 Å². The van der Waals surface area contributed by atoms with Crippen LogP contribution in [0.1, 0.15) is 38.5 Å². The molecule has 0 aromatic rings. The predicted molar refractivity (Wildman–Crippen MR) is 70.7 cm³/mol. The lowest BCUT2D eigenvalue weighted by Gasteiger charge is -2.20. The molecule has 3 heteroatoms. The van der Waals surface area contributed by atoms with E-state index in [2.05, 4.69) is 23.9 Å². The highest BCUT2D eigenvalue weighted by Gasteiger charge is 2.22. The molecule has 1 aliphatic heterocycles. The van der Waals surface area contributed by atoms with Gasteiger partial charge in [0.25, 0.3) is 0 Å². The van der Waals surface area contributed by atoms with E-state index in [1.807, 2.05) is 0 Å². The molecule has 0 radical (unpaired) electrons. The van der Waals surface area contributed by atoms with Crippen molar-refractivity contribution >= 4 is 0 Å². The van der Waals surface area contributed by atoms with Crippen molar-refractivity contribution in [3.8, 4) is 0 Å². The van der Waals surface area contributed by atoms with Gasteiger partial charge in [0, 0.05) is 12.6 Å². The van der Waals surface area contributed by atoms with Crippen molar-refractivity contribution in [3.63, 3.8) is 0 Å². The largest absolute Gasteiger partial charge is 0.330 e. The van der Waals surface area contributed by atoms with Crippen molar-refractivity contribution in [1.29, 1.82) is 0 Å². The molecule has 1 fully saturated rings. The maximum Gasteiger partial charge on any atom is 0.0229 e. The number of rotatable bonds is 8. The summed E-state index contributed by atoms with van der Waals surface area (Å²) in [5.74, 6) is 0. The number of likely N-dealkylation sites (N-methyl/N-ethyl adjacent to an activating group) is 1. The smallest absolute Gasteiger partial charge is 0.0229 e. The molecule has 3 nitrogen and oxygen atoms in total. The Kier molecular flexibility index (Phi) is 7.01. The molecule has 2 N–H and O–H groups in total. The molecule has 0 aliphatic carbocycles. The summed E-state index contributed by atoms with van der Waals surface area (Å²) in [5.41, 5.74) is 5.47. The van der Waals surface area contributed by atoms with E-state index < -0.39 is 0 Å². The van der Waals surface area contributed by atoms with Crippen LogP contribution < -0.4 is 5.73 Å². The summed E-state index contributed by atoms with van der Waals surface area (Å²) in [5, 5.41) is 0. The maximum atomic E-state index is 5.47. The van der Waals surface area contributed by atoms with Crippen molar-refractivity contribution in [2.24, 2.45) is 5.73 Å². The van der Waals surface area contributed by atoms with Crippen LogP contribution in [-0.2, 0) is 0 Å². The lowest BCUT2D eigenvalue weighted by Crippen LogP contribution is -2.31. The first kappa shape index (κ1) is 13.9. The van der Waals surface area contributed by atoms with Crippen molar-refractivity contribution in [1.82, 2.24) is 9.80 Å². The van der Waals surface area contributed by atoms with Crippen molar-refractivity contribution in [2.45, 2.75) is 44.6 Å². The molecule has 0 spiro atoms. The molecule has 0 amide bonds. The van der Waals surface area contributed by atoms with Crippen LogP contribution in [0.4, 0.5) is 0 Å². The Morgan fingerprint density at radius 1 is 1.12 bits per heavy atom. The zero-order valence-electron chi connectivity index (χ0n) is 11.1. The molecule has 0 bridgehead atoms. The third-order valence-corrected chi connectivity index (χ3v) is 3.66. The summed E-state index contributed by atoms with van der Waals surface area (Å²) < 4.78 is 0. The Labute approximate surface area is 101 Å². The van der Waals surface area contributed by atoms with Gasteiger partial charge in [-0.1, -0.05) is 19.3 Å². The summed E-state index contributed by atoms with van der Waals surface area (Å²) in [6.07, 6.45) is 7.97. The molecular formula is C13H29N3. The van der Waals surface area contributed by atoms with Crippen LogP contribution in [0.25, 0.3) is 0 Å². The fourth-order valence-corrected chi connectivity index (χ4v) is 2.45. The van der Waals surface area contributed by atoms with Gasteiger partial charge in [0.05, 0.1) is 0 Å².